The van der Waals surface area contributed by atoms with Crippen molar-refractivity contribution in [3.05, 3.63) is 77.1 Å². The van der Waals surface area contributed by atoms with E-state index in [9.17, 15) is 26.8 Å². The minimum absolute atomic E-state index is 0.00932. The lowest BCUT2D eigenvalue weighted by Crippen LogP contribution is -2.18. The molecule has 0 spiro atoms. The zero-order chi connectivity index (χ0) is 25.0. The number of nitrogens with one attached hydrogen (secondary N) is 1. The lowest BCUT2D eigenvalue weighted by molar-refractivity contribution is -0.0498. The van der Waals surface area contributed by atoms with Gasteiger partial charge in [-0.2, -0.15) is 8.78 Å². The number of carbonyl (C=O) groups is 2. The summed E-state index contributed by atoms with van der Waals surface area (Å²) in [6.45, 7) is -0.0112. The molecule has 180 valence electrons. The van der Waals surface area contributed by atoms with Crippen LogP contribution in [0.25, 0.3) is 5.69 Å². The fourth-order valence-electron chi connectivity index (χ4n) is 3.46. The zero-order valence-corrected chi connectivity index (χ0v) is 19.4. The van der Waals surface area contributed by atoms with E-state index in [4.69, 9.17) is 4.74 Å². The molecule has 0 radical (unpaired) electrons. The minimum Gasteiger partial charge on any atom is -0.454 e. The second-order valence-corrected chi connectivity index (χ2v) is 9.16. The molecule has 0 amide bonds. The monoisotopic (exact) mass is 492 g/mol. The van der Waals surface area contributed by atoms with E-state index in [1.165, 1.54) is 30.3 Å². The van der Waals surface area contributed by atoms with Gasteiger partial charge in [0, 0.05) is 22.6 Å². The Balaban J connectivity index is 1.75. The van der Waals surface area contributed by atoms with Crippen LogP contribution in [-0.4, -0.2) is 44.2 Å². The average molecular weight is 493 g/mol. The molecule has 11 heteroatoms. The Labute approximate surface area is 195 Å². The molecule has 0 aliphatic carbocycles. The van der Waals surface area contributed by atoms with Crippen molar-refractivity contribution in [2.75, 3.05) is 17.6 Å². The van der Waals surface area contributed by atoms with E-state index in [0.29, 0.717) is 22.6 Å². The molecule has 3 rings (SSSR count). The number of anilines is 1. The Morgan fingerprint density at radius 1 is 1.03 bits per heavy atom. The number of benzene rings is 2. The molecule has 0 unspecified atom stereocenters. The highest BCUT2D eigenvalue weighted by Crippen LogP contribution is 2.24. The number of ether oxygens (including phenoxy) is 2. The SMILES string of the molecule is Cc1cc(C(=O)COC(=O)c2ccccc2NS(C)(=O)=O)c(C)n1-c1ccc(OC(F)F)cc1. The quantitative estimate of drug-likeness (QED) is 0.356. The molecule has 0 aliphatic rings. The van der Waals surface area contributed by atoms with E-state index >= 15 is 0 Å². The molecule has 3 aromatic rings. The van der Waals surface area contributed by atoms with Crippen molar-refractivity contribution in [1.82, 2.24) is 4.57 Å². The molecule has 0 atom stereocenters. The van der Waals surface area contributed by atoms with Crippen LogP contribution in [0.4, 0.5) is 14.5 Å². The highest BCUT2D eigenvalue weighted by atomic mass is 32.2. The Morgan fingerprint density at radius 3 is 2.29 bits per heavy atom. The van der Waals surface area contributed by atoms with Gasteiger partial charge in [-0.1, -0.05) is 12.1 Å². The third-order valence-corrected chi connectivity index (χ3v) is 5.42. The summed E-state index contributed by atoms with van der Waals surface area (Å²) in [7, 11) is -3.62. The topological polar surface area (TPSA) is 104 Å². The number of carbonyl (C=O) groups excluding carboxylic acids is 2. The second kappa shape index (κ2) is 10.0. The van der Waals surface area contributed by atoms with Crippen LogP contribution in [-0.2, 0) is 14.8 Å². The first-order valence-electron chi connectivity index (χ1n) is 9.97. The summed E-state index contributed by atoms with van der Waals surface area (Å²) >= 11 is 0. The molecule has 0 saturated carbocycles. The van der Waals surface area contributed by atoms with Crippen molar-refractivity contribution in [2.24, 2.45) is 0 Å². The van der Waals surface area contributed by atoms with Crippen molar-refractivity contribution < 1.29 is 36.3 Å². The fraction of sp³-hybridized carbons (Fsp3) is 0.217. The van der Waals surface area contributed by atoms with Crippen LogP contribution in [0.1, 0.15) is 32.1 Å². The molecule has 34 heavy (non-hydrogen) atoms. The molecule has 0 bridgehead atoms. The molecular weight excluding hydrogens is 470 g/mol. The van der Waals surface area contributed by atoms with Crippen LogP contribution < -0.4 is 9.46 Å². The van der Waals surface area contributed by atoms with Gasteiger partial charge >= 0.3 is 12.6 Å². The maximum Gasteiger partial charge on any atom is 0.387 e. The summed E-state index contributed by atoms with van der Waals surface area (Å²) in [6.07, 6.45) is 0.952. The smallest absolute Gasteiger partial charge is 0.387 e. The van der Waals surface area contributed by atoms with Gasteiger partial charge in [0.2, 0.25) is 15.8 Å². The predicted molar refractivity (Wildman–Crippen MR) is 121 cm³/mol. The van der Waals surface area contributed by atoms with E-state index < -0.39 is 35.0 Å². The highest BCUT2D eigenvalue weighted by Gasteiger charge is 2.20. The first-order valence-corrected chi connectivity index (χ1v) is 11.9. The molecule has 0 fully saturated rings. The third-order valence-electron chi connectivity index (χ3n) is 4.83. The number of sulfonamides is 1. The molecular formula is C23H22F2N2O6S. The first-order chi connectivity index (χ1) is 16.0. The number of halogens is 2. The number of rotatable bonds is 9. The van der Waals surface area contributed by atoms with Gasteiger partial charge in [0.1, 0.15) is 5.75 Å². The van der Waals surface area contributed by atoms with Crippen LogP contribution >= 0.6 is 0 Å². The zero-order valence-electron chi connectivity index (χ0n) is 18.5. The van der Waals surface area contributed by atoms with E-state index in [0.717, 1.165) is 6.26 Å². The van der Waals surface area contributed by atoms with Gasteiger partial charge in [-0.3, -0.25) is 9.52 Å². The van der Waals surface area contributed by atoms with Gasteiger partial charge in [0.05, 0.1) is 17.5 Å². The summed E-state index contributed by atoms with van der Waals surface area (Å²) in [5.74, 6) is -1.31. The van der Waals surface area contributed by atoms with Crippen molar-refractivity contribution in [3.63, 3.8) is 0 Å². The number of hydrogen-bond donors (Lipinski definition) is 1. The minimum atomic E-state index is -3.62. The number of nitrogens with zero attached hydrogens (tertiary/aromatic N) is 1. The van der Waals surface area contributed by atoms with Crippen molar-refractivity contribution >= 4 is 27.5 Å². The van der Waals surface area contributed by atoms with Gasteiger partial charge < -0.3 is 14.0 Å². The number of ketones is 1. The van der Waals surface area contributed by atoms with E-state index in [2.05, 4.69) is 9.46 Å². The molecule has 1 heterocycles. The number of aromatic nitrogens is 1. The lowest BCUT2D eigenvalue weighted by Gasteiger charge is -2.12. The van der Waals surface area contributed by atoms with Gasteiger partial charge in [0.25, 0.3) is 0 Å². The van der Waals surface area contributed by atoms with Gasteiger partial charge in [0.15, 0.2) is 6.61 Å². The van der Waals surface area contributed by atoms with Crippen LogP contribution in [0, 0.1) is 13.8 Å². The van der Waals surface area contributed by atoms with E-state index in [1.54, 1.807) is 42.7 Å². The number of alkyl halides is 2. The van der Waals surface area contributed by atoms with E-state index in [-0.39, 0.29) is 17.0 Å². The Morgan fingerprint density at radius 2 is 1.68 bits per heavy atom. The summed E-state index contributed by atoms with van der Waals surface area (Å²) < 4.78 is 61.3. The van der Waals surface area contributed by atoms with Gasteiger partial charge in [-0.15, -0.1) is 0 Å². The first kappa shape index (κ1) is 24.9. The molecule has 2 aromatic carbocycles. The van der Waals surface area contributed by atoms with Gasteiger partial charge in [-0.25, -0.2) is 13.2 Å². The van der Waals surface area contributed by atoms with Crippen LogP contribution in [0.3, 0.4) is 0 Å². The Hall–Kier alpha value is -3.73. The summed E-state index contributed by atoms with van der Waals surface area (Å²) in [4.78, 5) is 25.3. The van der Waals surface area contributed by atoms with E-state index in [1.807, 2.05) is 0 Å². The molecule has 1 N–H and O–H groups in total. The van der Waals surface area contributed by atoms with Crippen molar-refractivity contribution in [2.45, 2.75) is 20.5 Å². The Bertz CT molecular complexity index is 1320. The number of para-hydroxylation sites is 1. The van der Waals surface area contributed by atoms with Crippen molar-refractivity contribution in [1.29, 1.82) is 0 Å². The summed E-state index contributed by atoms with van der Waals surface area (Å²) in [5.41, 5.74) is 2.24. The largest absolute Gasteiger partial charge is 0.454 e. The van der Waals surface area contributed by atoms with Crippen molar-refractivity contribution in [3.8, 4) is 11.4 Å². The normalized spacial score (nSPS) is 11.4. The molecule has 1 aromatic heterocycles. The maximum absolute atomic E-state index is 12.8. The lowest BCUT2D eigenvalue weighted by atomic mass is 10.1. The highest BCUT2D eigenvalue weighted by molar-refractivity contribution is 7.92. The summed E-state index contributed by atoms with van der Waals surface area (Å²) in [5, 5.41) is 0. The third kappa shape index (κ3) is 5.98. The summed E-state index contributed by atoms with van der Waals surface area (Å²) in [6, 6.07) is 13.5. The molecule has 0 aliphatic heterocycles. The van der Waals surface area contributed by atoms with Crippen LogP contribution in [0.5, 0.6) is 5.75 Å². The Kier molecular flexibility index (Phi) is 7.35. The van der Waals surface area contributed by atoms with Gasteiger partial charge in [-0.05, 0) is 56.3 Å². The maximum atomic E-state index is 12.8. The van der Waals surface area contributed by atoms with Crippen LogP contribution in [0.15, 0.2) is 54.6 Å². The number of esters is 1. The number of aryl methyl sites for hydroxylation is 1. The number of hydrogen-bond acceptors (Lipinski definition) is 6. The fourth-order valence-corrected chi connectivity index (χ4v) is 4.03. The van der Waals surface area contributed by atoms with Crippen LogP contribution in [0.2, 0.25) is 0 Å². The molecule has 0 saturated heterocycles. The average Bonchev–Trinajstić information content (AvgIpc) is 3.05. The predicted octanol–water partition coefficient (Wildman–Crippen LogP) is 4.11. The number of Topliss-reactive ketones (excluding diaryl/α,β-unsaturated/α-hetero) is 1. The standard InChI is InChI=1S/C23H22F2N2O6S/c1-14-12-19(15(2)27(14)16-8-10-17(11-9-16)33-23(24)25)21(28)13-32-22(29)18-6-4-5-7-20(18)26-34(3,30)31/h4-12,23,26H,13H2,1-3H3. The molecule has 8 nitrogen and oxygen atoms in total. The second-order valence-electron chi connectivity index (χ2n) is 7.41.